The quantitative estimate of drug-likeness (QED) is 0.775. The second kappa shape index (κ2) is 5.94. The molecule has 2 fully saturated rings. The van der Waals surface area contributed by atoms with E-state index < -0.39 is 0 Å². The molecular formula is C17H25NO2. The number of benzene rings is 1. The molecule has 2 saturated carbocycles. The highest BCUT2D eigenvalue weighted by molar-refractivity contribution is 5.60. The highest BCUT2D eigenvalue weighted by Crippen LogP contribution is 2.46. The fourth-order valence-corrected chi connectivity index (χ4v) is 2.87. The zero-order chi connectivity index (χ0) is 13.9. The molecule has 0 heterocycles. The third-order valence-electron chi connectivity index (χ3n) is 4.14. The fourth-order valence-electron chi connectivity index (χ4n) is 2.87. The molecule has 110 valence electrons. The second-order valence-electron chi connectivity index (χ2n) is 5.87. The lowest BCUT2D eigenvalue weighted by Crippen LogP contribution is -2.24. The van der Waals surface area contributed by atoms with Crippen LogP contribution in [-0.2, 0) is 0 Å². The average Bonchev–Trinajstić information content (AvgIpc) is 3.32. The van der Waals surface area contributed by atoms with Crippen LogP contribution in [0.5, 0.6) is 11.5 Å². The van der Waals surface area contributed by atoms with Crippen molar-refractivity contribution < 1.29 is 9.47 Å². The minimum atomic E-state index is 0.631. The third-order valence-corrected chi connectivity index (χ3v) is 4.14. The van der Waals surface area contributed by atoms with Crippen molar-refractivity contribution in [3.05, 3.63) is 18.2 Å². The predicted octanol–water partition coefficient (Wildman–Crippen LogP) is 4.08. The summed E-state index contributed by atoms with van der Waals surface area (Å²) in [6.07, 6.45) is 5.51. The maximum Gasteiger partial charge on any atom is 0.142 e. The summed E-state index contributed by atoms with van der Waals surface area (Å²) in [5.41, 5.74) is 1.10. The summed E-state index contributed by atoms with van der Waals surface area (Å²) >= 11 is 0. The molecule has 1 aromatic rings. The number of hydrogen-bond donors (Lipinski definition) is 1. The number of anilines is 1. The van der Waals surface area contributed by atoms with Crippen LogP contribution in [0.15, 0.2) is 18.2 Å². The highest BCUT2D eigenvalue weighted by atomic mass is 16.5. The van der Waals surface area contributed by atoms with Crippen molar-refractivity contribution in [3.8, 4) is 11.5 Å². The van der Waals surface area contributed by atoms with Crippen LogP contribution in [0.25, 0.3) is 0 Å². The average molecular weight is 275 g/mol. The SMILES string of the molecule is CCOc1ccc(OCC)c(NC(C2CC2)C2CC2)c1. The first-order valence-electron chi connectivity index (χ1n) is 7.98. The van der Waals surface area contributed by atoms with Crippen molar-refractivity contribution in [3.63, 3.8) is 0 Å². The molecule has 20 heavy (non-hydrogen) atoms. The van der Waals surface area contributed by atoms with Crippen LogP contribution in [0.2, 0.25) is 0 Å². The molecule has 2 aliphatic carbocycles. The van der Waals surface area contributed by atoms with Crippen molar-refractivity contribution in [2.75, 3.05) is 18.5 Å². The number of rotatable bonds is 8. The molecule has 1 N–H and O–H groups in total. The molecule has 0 bridgehead atoms. The molecule has 0 amide bonds. The first kappa shape index (κ1) is 13.6. The summed E-state index contributed by atoms with van der Waals surface area (Å²) in [7, 11) is 0. The normalized spacial score (nSPS) is 18.1. The van der Waals surface area contributed by atoms with Crippen molar-refractivity contribution >= 4 is 5.69 Å². The van der Waals surface area contributed by atoms with Gasteiger partial charge in [-0.05, 0) is 63.5 Å². The van der Waals surface area contributed by atoms with Crippen LogP contribution in [-0.4, -0.2) is 19.3 Å². The first-order valence-corrected chi connectivity index (χ1v) is 7.98. The lowest BCUT2D eigenvalue weighted by Gasteiger charge is -2.22. The molecule has 0 unspecified atom stereocenters. The molecule has 0 saturated heterocycles. The topological polar surface area (TPSA) is 30.5 Å². The van der Waals surface area contributed by atoms with Gasteiger partial charge in [-0.15, -0.1) is 0 Å². The van der Waals surface area contributed by atoms with Crippen molar-refractivity contribution in [1.82, 2.24) is 0 Å². The Morgan fingerprint density at radius 2 is 1.70 bits per heavy atom. The smallest absolute Gasteiger partial charge is 0.142 e. The van der Waals surface area contributed by atoms with Crippen molar-refractivity contribution in [2.24, 2.45) is 11.8 Å². The standard InChI is InChI=1S/C17H25NO2/c1-3-19-14-9-10-16(20-4-2)15(11-14)18-17(12-5-6-12)13-7-8-13/h9-13,17-18H,3-8H2,1-2H3. The molecule has 2 aliphatic rings. The Bertz CT molecular complexity index is 440. The van der Waals surface area contributed by atoms with Gasteiger partial charge in [-0.2, -0.15) is 0 Å². The van der Waals surface area contributed by atoms with Crippen LogP contribution in [0.4, 0.5) is 5.69 Å². The monoisotopic (exact) mass is 275 g/mol. The van der Waals surface area contributed by atoms with Gasteiger partial charge in [-0.25, -0.2) is 0 Å². The molecule has 3 nitrogen and oxygen atoms in total. The van der Waals surface area contributed by atoms with E-state index in [4.69, 9.17) is 9.47 Å². The van der Waals surface area contributed by atoms with Gasteiger partial charge >= 0.3 is 0 Å². The molecule has 0 radical (unpaired) electrons. The first-order chi connectivity index (χ1) is 9.81. The Kier molecular flexibility index (Phi) is 4.04. The Morgan fingerprint density at radius 3 is 2.25 bits per heavy atom. The van der Waals surface area contributed by atoms with E-state index in [1.807, 2.05) is 26.0 Å². The van der Waals surface area contributed by atoms with Gasteiger partial charge in [-0.1, -0.05) is 0 Å². The van der Waals surface area contributed by atoms with Gasteiger partial charge in [-0.3, -0.25) is 0 Å². The van der Waals surface area contributed by atoms with Gasteiger partial charge in [0.25, 0.3) is 0 Å². The van der Waals surface area contributed by atoms with E-state index in [1.54, 1.807) is 0 Å². The number of ether oxygens (including phenoxy) is 2. The van der Waals surface area contributed by atoms with E-state index in [-0.39, 0.29) is 0 Å². The molecule has 0 aromatic heterocycles. The van der Waals surface area contributed by atoms with Gasteiger partial charge in [0, 0.05) is 12.1 Å². The lowest BCUT2D eigenvalue weighted by molar-refractivity contribution is 0.331. The van der Waals surface area contributed by atoms with E-state index in [0.29, 0.717) is 19.3 Å². The number of hydrogen-bond acceptors (Lipinski definition) is 3. The van der Waals surface area contributed by atoms with Crippen LogP contribution in [0.1, 0.15) is 39.5 Å². The van der Waals surface area contributed by atoms with Crippen molar-refractivity contribution in [2.45, 2.75) is 45.6 Å². The van der Waals surface area contributed by atoms with Gasteiger partial charge in [0.1, 0.15) is 11.5 Å². The largest absolute Gasteiger partial charge is 0.494 e. The highest BCUT2D eigenvalue weighted by Gasteiger charge is 2.41. The van der Waals surface area contributed by atoms with Gasteiger partial charge in [0.2, 0.25) is 0 Å². The summed E-state index contributed by atoms with van der Waals surface area (Å²) in [5.74, 6) is 3.60. The predicted molar refractivity (Wildman–Crippen MR) is 81.6 cm³/mol. The van der Waals surface area contributed by atoms with Gasteiger partial charge in [0.05, 0.1) is 18.9 Å². The molecule has 0 aliphatic heterocycles. The maximum atomic E-state index is 5.75. The molecule has 0 spiro atoms. The maximum absolute atomic E-state index is 5.75. The van der Waals surface area contributed by atoms with E-state index in [2.05, 4.69) is 11.4 Å². The second-order valence-corrected chi connectivity index (χ2v) is 5.87. The zero-order valence-electron chi connectivity index (χ0n) is 12.5. The molecule has 3 heteroatoms. The van der Waals surface area contributed by atoms with E-state index in [1.165, 1.54) is 25.7 Å². The molecular weight excluding hydrogens is 250 g/mol. The Morgan fingerprint density at radius 1 is 1.05 bits per heavy atom. The Hall–Kier alpha value is -1.38. The van der Waals surface area contributed by atoms with E-state index in [0.717, 1.165) is 29.0 Å². The molecule has 3 rings (SSSR count). The van der Waals surface area contributed by atoms with Crippen LogP contribution in [0.3, 0.4) is 0 Å². The van der Waals surface area contributed by atoms with Gasteiger partial charge < -0.3 is 14.8 Å². The van der Waals surface area contributed by atoms with E-state index in [9.17, 15) is 0 Å². The lowest BCUT2D eigenvalue weighted by atomic mass is 10.1. The van der Waals surface area contributed by atoms with Gasteiger partial charge in [0.15, 0.2) is 0 Å². The zero-order valence-corrected chi connectivity index (χ0v) is 12.5. The summed E-state index contributed by atoms with van der Waals surface area (Å²) in [5, 5.41) is 3.75. The minimum Gasteiger partial charge on any atom is -0.494 e. The number of nitrogens with one attached hydrogen (secondary N) is 1. The summed E-state index contributed by atoms with van der Waals surface area (Å²) in [4.78, 5) is 0. The third kappa shape index (κ3) is 3.20. The Labute approximate surface area is 121 Å². The van der Waals surface area contributed by atoms with Crippen LogP contribution >= 0.6 is 0 Å². The van der Waals surface area contributed by atoms with E-state index >= 15 is 0 Å². The Balaban J connectivity index is 1.78. The fraction of sp³-hybridized carbons (Fsp3) is 0.647. The van der Waals surface area contributed by atoms with Crippen LogP contribution in [0, 0.1) is 11.8 Å². The minimum absolute atomic E-state index is 0.631. The molecule has 1 aromatic carbocycles. The summed E-state index contributed by atoms with van der Waals surface area (Å²) < 4.78 is 11.4. The summed E-state index contributed by atoms with van der Waals surface area (Å²) in [6, 6.07) is 6.73. The van der Waals surface area contributed by atoms with Crippen LogP contribution < -0.4 is 14.8 Å². The summed E-state index contributed by atoms with van der Waals surface area (Å²) in [6.45, 7) is 5.43. The van der Waals surface area contributed by atoms with Crippen molar-refractivity contribution in [1.29, 1.82) is 0 Å². The molecule has 0 atom stereocenters.